The van der Waals surface area contributed by atoms with Gasteiger partial charge in [-0.3, -0.25) is 4.79 Å². The lowest BCUT2D eigenvalue weighted by Crippen LogP contribution is -2.12. The number of methoxy groups -OCH3 is 1. The zero-order valence-electron chi connectivity index (χ0n) is 10.0. The van der Waals surface area contributed by atoms with Crippen LogP contribution in [0.25, 0.3) is 0 Å². The summed E-state index contributed by atoms with van der Waals surface area (Å²) in [6.07, 6.45) is 2.93. The van der Waals surface area contributed by atoms with Crippen LogP contribution < -0.4 is 9.47 Å². The highest BCUT2D eigenvalue weighted by atomic mass is 16.5. The van der Waals surface area contributed by atoms with Crippen LogP contribution in [0.15, 0.2) is 18.2 Å². The number of rotatable bonds is 6. The second-order valence-corrected chi connectivity index (χ2v) is 3.74. The van der Waals surface area contributed by atoms with Crippen molar-refractivity contribution in [2.45, 2.75) is 32.8 Å². The van der Waals surface area contributed by atoms with Crippen molar-refractivity contribution in [3.8, 4) is 11.5 Å². The summed E-state index contributed by atoms with van der Waals surface area (Å²) in [5.74, 6) is 1.29. The Hall–Kier alpha value is -1.51. The first kappa shape index (κ1) is 12.6. The molecule has 0 N–H and O–H groups in total. The first-order valence-corrected chi connectivity index (χ1v) is 5.51. The van der Waals surface area contributed by atoms with Gasteiger partial charge in [-0.25, -0.2) is 0 Å². The standard InChI is InChI=1S/C13H18O3/c1-4-5-10(2)16-13-8-12(15-3)7-6-11(13)9-14/h6-10H,4-5H2,1-3H3. The van der Waals surface area contributed by atoms with Crippen molar-refractivity contribution in [3.63, 3.8) is 0 Å². The summed E-state index contributed by atoms with van der Waals surface area (Å²) in [6, 6.07) is 5.21. The van der Waals surface area contributed by atoms with Gasteiger partial charge >= 0.3 is 0 Å². The molecule has 0 aliphatic rings. The van der Waals surface area contributed by atoms with E-state index in [-0.39, 0.29) is 6.10 Å². The summed E-state index contributed by atoms with van der Waals surface area (Å²) >= 11 is 0. The van der Waals surface area contributed by atoms with Gasteiger partial charge in [0.15, 0.2) is 6.29 Å². The molecule has 0 amide bonds. The van der Waals surface area contributed by atoms with Gasteiger partial charge in [0, 0.05) is 6.07 Å². The monoisotopic (exact) mass is 222 g/mol. The molecule has 1 aromatic carbocycles. The lowest BCUT2D eigenvalue weighted by molar-refractivity contribution is 0.111. The minimum absolute atomic E-state index is 0.107. The third-order valence-electron chi connectivity index (χ3n) is 2.37. The third kappa shape index (κ3) is 3.26. The van der Waals surface area contributed by atoms with Gasteiger partial charge in [-0.05, 0) is 25.5 Å². The molecule has 1 rings (SSSR count). The Bertz CT molecular complexity index is 347. The lowest BCUT2D eigenvalue weighted by Gasteiger charge is -2.15. The van der Waals surface area contributed by atoms with E-state index < -0.39 is 0 Å². The van der Waals surface area contributed by atoms with Crippen molar-refractivity contribution in [2.75, 3.05) is 7.11 Å². The molecule has 3 heteroatoms. The molecule has 3 nitrogen and oxygen atoms in total. The summed E-state index contributed by atoms with van der Waals surface area (Å²) < 4.78 is 10.8. The molecule has 0 bridgehead atoms. The van der Waals surface area contributed by atoms with Crippen LogP contribution in [0.1, 0.15) is 37.0 Å². The molecule has 0 aromatic heterocycles. The summed E-state index contributed by atoms with van der Waals surface area (Å²) in [7, 11) is 1.59. The number of hydrogen-bond acceptors (Lipinski definition) is 3. The number of carbonyl (C=O) groups is 1. The van der Waals surface area contributed by atoms with Crippen molar-refractivity contribution in [3.05, 3.63) is 23.8 Å². The smallest absolute Gasteiger partial charge is 0.153 e. The number of carbonyl (C=O) groups excluding carboxylic acids is 1. The summed E-state index contributed by atoms with van der Waals surface area (Å²) in [5.41, 5.74) is 0.559. The molecule has 1 unspecified atom stereocenters. The van der Waals surface area contributed by atoms with Crippen LogP contribution >= 0.6 is 0 Å². The first-order valence-electron chi connectivity index (χ1n) is 5.51. The molecular weight excluding hydrogens is 204 g/mol. The average molecular weight is 222 g/mol. The lowest BCUT2D eigenvalue weighted by atomic mass is 10.2. The van der Waals surface area contributed by atoms with Crippen LogP contribution in [0, 0.1) is 0 Å². The molecular formula is C13H18O3. The maximum absolute atomic E-state index is 10.8. The van der Waals surface area contributed by atoms with Gasteiger partial charge < -0.3 is 9.47 Å². The van der Waals surface area contributed by atoms with Gasteiger partial charge in [0.05, 0.1) is 18.8 Å². The molecule has 1 atom stereocenters. The maximum Gasteiger partial charge on any atom is 0.153 e. The fraction of sp³-hybridized carbons (Fsp3) is 0.462. The van der Waals surface area contributed by atoms with Crippen molar-refractivity contribution in [1.82, 2.24) is 0 Å². The zero-order chi connectivity index (χ0) is 12.0. The number of hydrogen-bond donors (Lipinski definition) is 0. The number of ether oxygens (including phenoxy) is 2. The van der Waals surface area contributed by atoms with Crippen LogP contribution in [-0.4, -0.2) is 19.5 Å². The fourth-order valence-corrected chi connectivity index (χ4v) is 1.52. The Labute approximate surface area is 96.4 Å². The van der Waals surface area contributed by atoms with Crippen molar-refractivity contribution in [1.29, 1.82) is 0 Å². The Balaban J connectivity index is 2.86. The van der Waals surface area contributed by atoms with E-state index in [1.165, 1.54) is 0 Å². The summed E-state index contributed by atoms with van der Waals surface area (Å²) in [6.45, 7) is 4.10. The van der Waals surface area contributed by atoms with Gasteiger partial charge in [0.1, 0.15) is 11.5 Å². The van der Waals surface area contributed by atoms with Gasteiger partial charge in [-0.2, -0.15) is 0 Å². The Morgan fingerprint density at radius 3 is 2.75 bits per heavy atom. The second kappa shape index (κ2) is 6.16. The minimum atomic E-state index is 0.107. The molecule has 88 valence electrons. The SMILES string of the molecule is CCCC(C)Oc1cc(OC)ccc1C=O. The molecule has 0 aliphatic carbocycles. The van der Waals surface area contributed by atoms with Crippen LogP contribution in [0.5, 0.6) is 11.5 Å². The molecule has 0 aliphatic heterocycles. The van der Waals surface area contributed by atoms with E-state index in [0.29, 0.717) is 17.1 Å². The average Bonchev–Trinajstić information content (AvgIpc) is 2.29. The largest absolute Gasteiger partial charge is 0.497 e. The highest BCUT2D eigenvalue weighted by Crippen LogP contribution is 2.25. The maximum atomic E-state index is 10.8. The first-order chi connectivity index (χ1) is 7.71. The Morgan fingerprint density at radius 1 is 1.44 bits per heavy atom. The fourth-order valence-electron chi connectivity index (χ4n) is 1.52. The molecule has 0 heterocycles. The van der Waals surface area contributed by atoms with E-state index in [1.54, 1.807) is 25.3 Å². The zero-order valence-corrected chi connectivity index (χ0v) is 10.0. The van der Waals surface area contributed by atoms with E-state index in [2.05, 4.69) is 6.92 Å². The topological polar surface area (TPSA) is 35.5 Å². The van der Waals surface area contributed by atoms with Crippen LogP contribution in [0.3, 0.4) is 0 Å². The molecule has 1 aromatic rings. The summed E-state index contributed by atoms with van der Waals surface area (Å²) in [4.78, 5) is 10.8. The van der Waals surface area contributed by atoms with Crippen LogP contribution in [-0.2, 0) is 0 Å². The molecule has 16 heavy (non-hydrogen) atoms. The number of aldehydes is 1. The normalized spacial score (nSPS) is 11.9. The Kier molecular flexibility index (Phi) is 4.83. The van der Waals surface area contributed by atoms with E-state index in [0.717, 1.165) is 19.1 Å². The van der Waals surface area contributed by atoms with Crippen LogP contribution in [0.4, 0.5) is 0 Å². The van der Waals surface area contributed by atoms with Crippen molar-refractivity contribution < 1.29 is 14.3 Å². The van der Waals surface area contributed by atoms with E-state index >= 15 is 0 Å². The van der Waals surface area contributed by atoms with Gasteiger partial charge in [-0.1, -0.05) is 13.3 Å². The van der Waals surface area contributed by atoms with Crippen molar-refractivity contribution in [2.24, 2.45) is 0 Å². The number of benzene rings is 1. The van der Waals surface area contributed by atoms with Crippen LogP contribution in [0.2, 0.25) is 0 Å². The predicted molar refractivity (Wildman–Crippen MR) is 63.4 cm³/mol. The predicted octanol–water partition coefficient (Wildman–Crippen LogP) is 3.08. The van der Waals surface area contributed by atoms with E-state index in [4.69, 9.17) is 9.47 Å². The Morgan fingerprint density at radius 2 is 2.19 bits per heavy atom. The molecule has 0 fully saturated rings. The summed E-state index contributed by atoms with van der Waals surface area (Å²) in [5, 5.41) is 0. The van der Waals surface area contributed by atoms with E-state index in [9.17, 15) is 4.79 Å². The van der Waals surface area contributed by atoms with Crippen molar-refractivity contribution >= 4 is 6.29 Å². The minimum Gasteiger partial charge on any atom is -0.497 e. The van der Waals surface area contributed by atoms with Gasteiger partial charge in [0.2, 0.25) is 0 Å². The van der Waals surface area contributed by atoms with Gasteiger partial charge in [-0.15, -0.1) is 0 Å². The molecule has 0 spiro atoms. The highest BCUT2D eigenvalue weighted by molar-refractivity contribution is 5.79. The molecule has 0 saturated heterocycles. The molecule has 0 saturated carbocycles. The molecule has 0 radical (unpaired) electrons. The van der Waals surface area contributed by atoms with Gasteiger partial charge in [0.25, 0.3) is 0 Å². The third-order valence-corrected chi connectivity index (χ3v) is 2.37. The highest BCUT2D eigenvalue weighted by Gasteiger charge is 2.08. The second-order valence-electron chi connectivity index (χ2n) is 3.74. The van der Waals surface area contributed by atoms with E-state index in [1.807, 2.05) is 6.92 Å². The quantitative estimate of drug-likeness (QED) is 0.694.